The molecule has 0 spiro atoms. The molecule has 8 N–H and O–H groups in total. The van der Waals surface area contributed by atoms with Crippen LogP contribution in [0.15, 0.2) is 0 Å². The van der Waals surface area contributed by atoms with Gasteiger partial charge in [0.2, 0.25) is 0 Å². The first-order valence-corrected chi connectivity index (χ1v) is 7.08. The van der Waals surface area contributed by atoms with E-state index in [-0.39, 0.29) is 17.0 Å². The molecule has 0 aromatic heterocycles. The zero-order chi connectivity index (χ0) is 17.3. The summed E-state index contributed by atoms with van der Waals surface area (Å²) in [6, 6.07) is 0. The first kappa shape index (κ1) is 22.1. The van der Waals surface area contributed by atoms with Crippen molar-refractivity contribution in [3.05, 3.63) is 0 Å². The van der Waals surface area contributed by atoms with E-state index >= 15 is 0 Å². The van der Waals surface area contributed by atoms with Crippen LogP contribution in [0.25, 0.3) is 0 Å². The number of hydrogen-bond acceptors (Lipinski definition) is 11. The third kappa shape index (κ3) is 4.23. The minimum absolute atomic E-state index is 0. The largest absolute Gasteiger partial charge is 0.394 e. The SMILES string of the molecule is Br.OC[C@@H]1O[C@H](O[C@@H]2[C@@H](O)[C@H](O)C(O)O[C@H]2CO)[C@@H](O)[C@H](O)[C@@H]1O. The summed E-state index contributed by atoms with van der Waals surface area (Å²) in [5, 5.41) is 76.5. The van der Waals surface area contributed by atoms with Crippen molar-refractivity contribution in [2.24, 2.45) is 0 Å². The number of aliphatic hydroxyl groups excluding tert-OH is 8. The molecule has 0 bridgehead atoms. The lowest BCUT2D eigenvalue weighted by Gasteiger charge is -2.45. The Hall–Kier alpha value is 0.0400. The third-order valence-electron chi connectivity index (χ3n) is 3.98. The number of rotatable bonds is 4. The molecule has 0 aliphatic carbocycles. The minimum atomic E-state index is -1.74. The maximum absolute atomic E-state index is 9.94. The average molecular weight is 423 g/mol. The summed E-state index contributed by atoms with van der Waals surface area (Å²) < 4.78 is 15.3. The standard InChI is InChI=1S/C12H22O11.BrH/c13-1-3-5(15)6(16)9(19)12(22-3)23-10-4(2-14)21-11(20)8(18)7(10)17;/h3-20H,1-2H2;1H/t3-,4-,5+,6+,7-,8-,9-,10-,11?,12+;/m0./s1. The highest BCUT2D eigenvalue weighted by molar-refractivity contribution is 8.93. The monoisotopic (exact) mass is 422 g/mol. The lowest BCUT2D eigenvalue weighted by Crippen LogP contribution is -2.64. The first-order chi connectivity index (χ1) is 10.8. The fourth-order valence-electron chi connectivity index (χ4n) is 2.57. The van der Waals surface area contributed by atoms with Crippen molar-refractivity contribution in [1.29, 1.82) is 0 Å². The number of hydrogen-bond donors (Lipinski definition) is 8. The molecule has 2 rings (SSSR count). The molecule has 2 aliphatic rings. The van der Waals surface area contributed by atoms with E-state index in [1.807, 2.05) is 0 Å². The Morgan fingerprint density at radius 2 is 1.25 bits per heavy atom. The molecule has 10 atom stereocenters. The van der Waals surface area contributed by atoms with Gasteiger partial charge in [-0.2, -0.15) is 0 Å². The smallest absolute Gasteiger partial charge is 0.187 e. The summed E-state index contributed by atoms with van der Waals surface area (Å²) in [5.41, 5.74) is 0. The van der Waals surface area contributed by atoms with Crippen LogP contribution in [-0.2, 0) is 14.2 Å². The van der Waals surface area contributed by atoms with Gasteiger partial charge < -0.3 is 55.1 Å². The summed E-state index contributed by atoms with van der Waals surface area (Å²) in [4.78, 5) is 0. The highest BCUT2D eigenvalue weighted by Gasteiger charge is 2.50. The van der Waals surface area contributed by atoms with Crippen molar-refractivity contribution in [2.45, 2.75) is 61.4 Å². The molecule has 2 heterocycles. The van der Waals surface area contributed by atoms with E-state index in [2.05, 4.69) is 0 Å². The molecule has 2 aliphatic heterocycles. The summed E-state index contributed by atoms with van der Waals surface area (Å²) in [6.07, 6.45) is -15.6. The predicted molar refractivity (Wildman–Crippen MR) is 78.9 cm³/mol. The molecule has 2 fully saturated rings. The van der Waals surface area contributed by atoms with E-state index in [9.17, 15) is 35.7 Å². The maximum Gasteiger partial charge on any atom is 0.187 e. The van der Waals surface area contributed by atoms with Gasteiger partial charge in [0, 0.05) is 0 Å². The van der Waals surface area contributed by atoms with Crippen LogP contribution in [0.2, 0.25) is 0 Å². The van der Waals surface area contributed by atoms with Gasteiger partial charge in [0.05, 0.1) is 13.2 Å². The van der Waals surface area contributed by atoms with Crippen LogP contribution in [0, 0.1) is 0 Å². The Bertz CT molecular complexity index is 384. The summed E-state index contributed by atoms with van der Waals surface area (Å²) in [6.45, 7) is -1.35. The molecule has 11 nitrogen and oxygen atoms in total. The molecule has 0 aromatic rings. The van der Waals surface area contributed by atoms with Crippen molar-refractivity contribution in [3.8, 4) is 0 Å². The minimum Gasteiger partial charge on any atom is -0.394 e. The maximum atomic E-state index is 9.94. The van der Waals surface area contributed by atoms with Crippen LogP contribution in [0.5, 0.6) is 0 Å². The van der Waals surface area contributed by atoms with Crippen LogP contribution in [0.1, 0.15) is 0 Å². The fourth-order valence-corrected chi connectivity index (χ4v) is 2.57. The van der Waals surface area contributed by atoms with Gasteiger partial charge in [-0.3, -0.25) is 0 Å². The first-order valence-electron chi connectivity index (χ1n) is 7.08. The van der Waals surface area contributed by atoms with Gasteiger partial charge in [-0.1, -0.05) is 0 Å². The van der Waals surface area contributed by atoms with Crippen LogP contribution in [0.3, 0.4) is 0 Å². The van der Waals surface area contributed by atoms with Gasteiger partial charge in [0.1, 0.15) is 48.8 Å². The summed E-state index contributed by atoms with van der Waals surface area (Å²) >= 11 is 0. The van der Waals surface area contributed by atoms with Crippen molar-refractivity contribution in [1.82, 2.24) is 0 Å². The zero-order valence-corrected chi connectivity index (χ0v) is 14.1. The molecular weight excluding hydrogens is 400 g/mol. The number of ether oxygens (including phenoxy) is 3. The van der Waals surface area contributed by atoms with Crippen LogP contribution in [-0.4, -0.2) is 115 Å². The van der Waals surface area contributed by atoms with Crippen LogP contribution in [0.4, 0.5) is 0 Å². The fraction of sp³-hybridized carbons (Fsp3) is 1.00. The molecule has 0 aromatic carbocycles. The van der Waals surface area contributed by atoms with Crippen molar-refractivity contribution in [3.63, 3.8) is 0 Å². The molecule has 144 valence electrons. The quantitative estimate of drug-likeness (QED) is 0.217. The topological polar surface area (TPSA) is 190 Å². The molecule has 0 radical (unpaired) electrons. The Kier molecular flexibility index (Phi) is 8.39. The number of halogens is 1. The Morgan fingerprint density at radius 3 is 1.79 bits per heavy atom. The van der Waals surface area contributed by atoms with Gasteiger partial charge in [-0.05, 0) is 0 Å². The second kappa shape index (κ2) is 9.12. The van der Waals surface area contributed by atoms with Crippen LogP contribution < -0.4 is 0 Å². The Morgan fingerprint density at radius 1 is 0.667 bits per heavy atom. The van der Waals surface area contributed by atoms with E-state index in [1.54, 1.807) is 0 Å². The van der Waals surface area contributed by atoms with E-state index in [1.165, 1.54) is 0 Å². The van der Waals surface area contributed by atoms with Gasteiger partial charge in [-0.25, -0.2) is 0 Å². The van der Waals surface area contributed by atoms with Crippen LogP contribution >= 0.6 is 17.0 Å². The highest BCUT2D eigenvalue weighted by atomic mass is 79.9. The molecule has 2 saturated heterocycles. The molecule has 0 amide bonds. The second-order valence-electron chi connectivity index (χ2n) is 5.53. The van der Waals surface area contributed by atoms with Crippen molar-refractivity contribution < 1.29 is 55.1 Å². The molecule has 12 heteroatoms. The third-order valence-corrected chi connectivity index (χ3v) is 3.98. The normalized spacial score (nSPS) is 49.5. The Labute approximate surface area is 147 Å². The molecule has 0 saturated carbocycles. The Balaban J connectivity index is 0.00000288. The molecule has 24 heavy (non-hydrogen) atoms. The van der Waals surface area contributed by atoms with Gasteiger partial charge >= 0.3 is 0 Å². The van der Waals surface area contributed by atoms with Gasteiger partial charge in [0.25, 0.3) is 0 Å². The number of aliphatic hydroxyl groups is 8. The van der Waals surface area contributed by atoms with Gasteiger partial charge in [-0.15, -0.1) is 17.0 Å². The highest BCUT2D eigenvalue weighted by Crippen LogP contribution is 2.28. The van der Waals surface area contributed by atoms with Crippen molar-refractivity contribution in [2.75, 3.05) is 13.2 Å². The average Bonchev–Trinajstić information content (AvgIpc) is 2.55. The van der Waals surface area contributed by atoms with Gasteiger partial charge in [0.15, 0.2) is 12.6 Å². The second-order valence-corrected chi connectivity index (χ2v) is 5.53. The summed E-state index contributed by atoms with van der Waals surface area (Å²) in [7, 11) is 0. The molecular formula is C12H23BrO11. The predicted octanol–water partition coefficient (Wildman–Crippen LogP) is -4.82. The zero-order valence-electron chi connectivity index (χ0n) is 12.4. The van der Waals surface area contributed by atoms with E-state index in [4.69, 9.17) is 19.3 Å². The lowest BCUT2D eigenvalue weighted by atomic mass is 9.97. The van der Waals surface area contributed by atoms with Crippen molar-refractivity contribution >= 4 is 17.0 Å². The van der Waals surface area contributed by atoms with E-state index in [0.29, 0.717) is 0 Å². The summed E-state index contributed by atoms with van der Waals surface area (Å²) in [5.74, 6) is 0. The lowest BCUT2D eigenvalue weighted by molar-refractivity contribution is -0.355. The van der Waals surface area contributed by atoms with E-state index < -0.39 is 74.6 Å². The van der Waals surface area contributed by atoms with E-state index in [0.717, 1.165) is 0 Å². The molecule has 1 unspecified atom stereocenters.